The zero-order valence-corrected chi connectivity index (χ0v) is 11.6. The van der Waals surface area contributed by atoms with Gasteiger partial charge in [-0.05, 0) is 42.7 Å². The summed E-state index contributed by atoms with van der Waals surface area (Å²) < 4.78 is 6.90. The molecule has 0 aliphatic rings. The van der Waals surface area contributed by atoms with Gasteiger partial charge in [-0.1, -0.05) is 46.3 Å². The van der Waals surface area contributed by atoms with E-state index in [2.05, 4.69) is 48.0 Å². The molecular formula is C15H15BrO. The molecule has 0 unspecified atom stereocenters. The van der Waals surface area contributed by atoms with Crippen LogP contribution in [-0.4, -0.2) is 0 Å². The SMILES string of the molecule is Cc1ccccc1COc1cc(Br)ccc1C. The van der Waals surface area contributed by atoms with E-state index in [1.54, 1.807) is 0 Å². The fourth-order valence-electron chi connectivity index (χ4n) is 1.66. The Morgan fingerprint density at radius 3 is 2.53 bits per heavy atom. The third kappa shape index (κ3) is 3.10. The number of ether oxygens (including phenoxy) is 1. The van der Waals surface area contributed by atoms with E-state index in [0.717, 1.165) is 15.8 Å². The zero-order valence-electron chi connectivity index (χ0n) is 10.0. The number of halogens is 1. The van der Waals surface area contributed by atoms with Gasteiger partial charge < -0.3 is 4.74 Å². The first-order valence-corrected chi connectivity index (χ1v) is 6.39. The molecule has 0 spiro atoms. The summed E-state index contributed by atoms with van der Waals surface area (Å²) in [6, 6.07) is 14.4. The topological polar surface area (TPSA) is 9.23 Å². The molecule has 2 rings (SSSR count). The lowest BCUT2D eigenvalue weighted by Crippen LogP contribution is -1.98. The highest BCUT2D eigenvalue weighted by Gasteiger charge is 2.02. The van der Waals surface area contributed by atoms with E-state index in [1.807, 2.05) is 24.3 Å². The van der Waals surface area contributed by atoms with Crippen molar-refractivity contribution < 1.29 is 4.74 Å². The Morgan fingerprint density at radius 1 is 1.00 bits per heavy atom. The van der Waals surface area contributed by atoms with E-state index in [0.29, 0.717) is 6.61 Å². The van der Waals surface area contributed by atoms with Crippen LogP contribution in [0.3, 0.4) is 0 Å². The fourth-order valence-corrected chi connectivity index (χ4v) is 2.00. The molecule has 2 aromatic rings. The van der Waals surface area contributed by atoms with E-state index < -0.39 is 0 Å². The highest BCUT2D eigenvalue weighted by molar-refractivity contribution is 9.10. The van der Waals surface area contributed by atoms with Crippen molar-refractivity contribution in [2.24, 2.45) is 0 Å². The molecule has 0 aliphatic heterocycles. The predicted octanol–water partition coefficient (Wildman–Crippen LogP) is 4.64. The molecule has 1 nitrogen and oxygen atoms in total. The number of hydrogen-bond donors (Lipinski definition) is 0. The Balaban J connectivity index is 2.12. The highest BCUT2D eigenvalue weighted by atomic mass is 79.9. The summed E-state index contributed by atoms with van der Waals surface area (Å²) in [5.74, 6) is 0.933. The lowest BCUT2D eigenvalue weighted by molar-refractivity contribution is 0.303. The number of benzene rings is 2. The van der Waals surface area contributed by atoms with Crippen molar-refractivity contribution in [3.63, 3.8) is 0 Å². The molecule has 0 atom stereocenters. The van der Waals surface area contributed by atoms with Crippen molar-refractivity contribution in [1.82, 2.24) is 0 Å². The van der Waals surface area contributed by atoms with E-state index >= 15 is 0 Å². The minimum absolute atomic E-state index is 0.615. The summed E-state index contributed by atoms with van der Waals surface area (Å²) in [4.78, 5) is 0. The van der Waals surface area contributed by atoms with Crippen molar-refractivity contribution >= 4 is 15.9 Å². The number of rotatable bonds is 3. The zero-order chi connectivity index (χ0) is 12.3. The first-order valence-electron chi connectivity index (χ1n) is 5.60. The summed E-state index contributed by atoms with van der Waals surface area (Å²) in [7, 11) is 0. The number of aryl methyl sites for hydroxylation is 2. The molecule has 0 saturated carbocycles. The minimum Gasteiger partial charge on any atom is -0.489 e. The molecule has 0 fully saturated rings. The maximum atomic E-state index is 5.85. The van der Waals surface area contributed by atoms with Crippen LogP contribution in [0.25, 0.3) is 0 Å². The van der Waals surface area contributed by atoms with E-state index in [4.69, 9.17) is 4.74 Å². The minimum atomic E-state index is 0.615. The van der Waals surface area contributed by atoms with Gasteiger partial charge in [0.15, 0.2) is 0 Å². The molecular weight excluding hydrogens is 276 g/mol. The van der Waals surface area contributed by atoms with Crippen molar-refractivity contribution in [3.05, 3.63) is 63.6 Å². The van der Waals surface area contributed by atoms with E-state index in [1.165, 1.54) is 11.1 Å². The van der Waals surface area contributed by atoms with Crippen LogP contribution >= 0.6 is 15.9 Å². The summed E-state index contributed by atoms with van der Waals surface area (Å²) in [6.45, 7) is 4.77. The Bertz CT molecular complexity index is 520. The maximum absolute atomic E-state index is 5.85. The molecule has 0 radical (unpaired) electrons. The van der Waals surface area contributed by atoms with Crippen LogP contribution < -0.4 is 4.74 Å². The van der Waals surface area contributed by atoms with Gasteiger partial charge in [0.1, 0.15) is 12.4 Å². The third-order valence-electron chi connectivity index (χ3n) is 2.79. The van der Waals surface area contributed by atoms with E-state index in [9.17, 15) is 0 Å². The van der Waals surface area contributed by atoms with Gasteiger partial charge in [-0.2, -0.15) is 0 Å². The van der Waals surface area contributed by atoms with Gasteiger partial charge in [0.25, 0.3) is 0 Å². The molecule has 0 N–H and O–H groups in total. The lowest BCUT2D eigenvalue weighted by Gasteiger charge is -2.11. The average Bonchev–Trinajstić information content (AvgIpc) is 2.32. The standard InChI is InChI=1S/C15H15BrO/c1-11-5-3-4-6-13(11)10-17-15-9-14(16)8-7-12(15)2/h3-9H,10H2,1-2H3. The molecule has 0 saturated heterocycles. The van der Waals surface area contributed by atoms with Crippen LogP contribution in [0.4, 0.5) is 0 Å². The number of hydrogen-bond acceptors (Lipinski definition) is 1. The smallest absolute Gasteiger partial charge is 0.123 e. The molecule has 17 heavy (non-hydrogen) atoms. The molecule has 2 aromatic carbocycles. The van der Waals surface area contributed by atoms with Gasteiger partial charge in [-0.25, -0.2) is 0 Å². The molecule has 0 aliphatic carbocycles. The fraction of sp³-hybridized carbons (Fsp3) is 0.200. The maximum Gasteiger partial charge on any atom is 0.123 e. The Hall–Kier alpha value is -1.28. The van der Waals surface area contributed by atoms with Gasteiger partial charge in [0, 0.05) is 4.47 Å². The van der Waals surface area contributed by atoms with Gasteiger partial charge in [0.05, 0.1) is 0 Å². The van der Waals surface area contributed by atoms with Crippen molar-refractivity contribution in [2.45, 2.75) is 20.5 Å². The summed E-state index contributed by atoms with van der Waals surface area (Å²) >= 11 is 3.46. The van der Waals surface area contributed by atoms with Crippen molar-refractivity contribution in [2.75, 3.05) is 0 Å². The summed E-state index contributed by atoms with van der Waals surface area (Å²) in [6.07, 6.45) is 0. The second-order valence-electron chi connectivity index (χ2n) is 4.12. The molecule has 0 bridgehead atoms. The first kappa shape index (κ1) is 12.2. The predicted molar refractivity (Wildman–Crippen MR) is 74.4 cm³/mol. The van der Waals surface area contributed by atoms with Crippen LogP contribution in [0.15, 0.2) is 46.9 Å². The molecule has 2 heteroatoms. The van der Waals surface area contributed by atoms with Crippen LogP contribution in [0.2, 0.25) is 0 Å². The Kier molecular flexibility index (Phi) is 3.85. The summed E-state index contributed by atoms with van der Waals surface area (Å²) in [5.41, 5.74) is 3.65. The van der Waals surface area contributed by atoms with Crippen LogP contribution in [0.1, 0.15) is 16.7 Å². The highest BCUT2D eigenvalue weighted by Crippen LogP contribution is 2.24. The summed E-state index contributed by atoms with van der Waals surface area (Å²) in [5, 5.41) is 0. The van der Waals surface area contributed by atoms with Crippen molar-refractivity contribution in [1.29, 1.82) is 0 Å². The Morgan fingerprint density at radius 2 is 1.76 bits per heavy atom. The molecule has 0 heterocycles. The van der Waals surface area contributed by atoms with Gasteiger partial charge in [-0.3, -0.25) is 0 Å². The van der Waals surface area contributed by atoms with Crippen LogP contribution in [0.5, 0.6) is 5.75 Å². The van der Waals surface area contributed by atoms with Gasteiger partial charge in [-0.15, -0.1) is 0 Å². The second-order valence-corrected chi connectivity index (χ2v) is 5.04. The molecule has 88 valence electrons. The van der Waals surface area contributed by atoms with Crippen LogP contribution in [-0.2, 0) is 6.61 Å². The average molecular weight is 291 g/mol. The first-order chi connectivity index (χ1) is 8.16. The molecule has 0 aromatic heterocycles. The van der Waals surface area contributed by atoms with Crippen LogP contribution in [0, 0.1) is 13.8 Å². The monoisotopic (exact) mass is 290 g/mol. The second kappa shape index (κ2) is 5.37. The third-order valence-corrected chi connectivity index (χ3v) is 3.29. The normalized spacial score (nSPS) is 10.3. The lowest BCUT2D eigenvalue weighted by atomic mass is 10.1. The largest absolute Gasteiger partial charge is 0.489 e. The Labute approximate surface area is 111 Å². The van der Waals surface area contributed by atoms with Gasteiger partial charge >= 0.3 is 0 Å². The van der Waals surface area contributed by atoms with E-state index in [-0.39, 0.29) is 0 Å². The van der Waals surface area contributed by atoms with Crippen molar-refractivity contribution in [3.8, 4) is 5.75 Å². The quantitative estimate of drug-likeness (QED) is 0.800. The molecule has 0 amide bonds. The van der Waals surface area contributed by atoms with Gasteiger partial charge in [0.2, 0.25) is 0 Å².